The van der Waals surface area contributed by atoms with E-state index in [-0.39, 0.29) is 11.6 Å². The molecule has 0 aromatic heterocycles. The maximum atomic E-state index is 14.1. The van der Waals surface area contributed by atoms with Crippen molar-refractivity contribution in [1.29, 1.82) is 0 Å². The van der Waals surface area contributed by atoms with Crippen LogP contribution in [0.25, 0.3) is 0 Å². The van der Waals surface area contributed by atoms with Crippen molar-refractivity contribution in [3.63, 3.8) is 0 Å². The van der Waals surface area contributed by atoms with Crippen molar-refractivity contribution in [2.45, 2.75) is 19.9 Å². The summed E-state index contributed by atoms with van der Waals surface area (Å²) in [5.74, 6) is -0.692. The van der Waals surface area contributed by atoms with Crippen LogP contribution in [0.3, 0.4) is 0 Å². The van der Waals surface area contributed by atoms with E-state index in [1.165, 1.54) is 12.1 Å². The van der Waals surface area contributed by atoms with E-state index in [2.05, 4.69) is 21.2 Å². The van der Waals surface area contributed by atoms with Crippen LogP contribution >= 0.6 is 15.9 Å². The second-order valence-corrected chi connectivity index (χ2v) is 5.51. The first-order chi connectivity index (χ1) is 9.54. The Balaban J connectivity index is 2.59. The minimum Gasteiger partial charge on any atom is -0.306 e. The minimum absolute atomic E-state index is 0.336. The highest BCUT2D eigenvalue weighted by atomic mass is 79.9. The van der Waals surface area contributed by atoms with Gasteiger partial charge in [-0.05, 0) is 31.7 Å². The molecule has 1 unspecified atom stereocenters. The smallest absolute Gasteiger partial charge is 0.129 e. The number of nitrogens with one attached hydrogen (secondary N) is 1. The fourth-order valence-corrected chi connectivity index (χ4v) is 2.81. The molecule has 0 saturated heterocycles. The third kappa shape index (κ3) is 3.07. The quantitative estimate of drug-likeness (QED) is 0.848. The lowest BCUT2D eigenvalue weighted by Gasteiger charge is -2.22. The van der Waals surface area contributed by atoms with E-state index < -0.39 is 6.04 Å². The third-order valence-corrected chi connectivity index (χ3v) is 3.85. The number of benzene rings is 2. The molecule has 0 bridgehead atoms. The van der Waals surface area contributed by atoms with Gasteiger partial charge >= 0.3 is 0 Å². The Morgan fingerprint density at radius 3 is 2.55 bits per heavy atom. The predicted molar refractivity (Wildman–Crippen MR) is 80.8 cm³/mol. The highest BCUT2D eigenvalue weighted by molar-refractivity contribution is 9.10. The Labute approximate surface area is 126 Å². The molecule has 0 fully saturated rings. The molecule has 0 radical (unpaired) electrons. The zero-order valence-corrected chi connectivity index (χ0v) is 13.0. The standard InChI is InChI=1S/C16H16BrF2N/c1-3-20-16(11-9-10(2)7-8-13(11)18)15-12(17)5-4-6-14(15)19/h4-9,16,20H,3H2,1-2H3. The first-order valence-electron chi connectivity index (χ1n) is 6.48. The van der Waals surface area contributed by atoms with Crippen molar-refractivity contribution in [2.75, 3.05) is 6.54 Å². The van der Waals surface area contributed by atoms with Gasteiger partial charge in [0, 0.05) is 15.6 Å². The second kappa shape index (κ2) is 6.46. The van der Waals surface area contributed by atoms with Crippen molar-refractivity contribution >= 4 is 15.9 Å². The summed E-state index contributed by atoms with van der Waals surface area (Å²) in [6, 6.07) is 9.13. The number of hydrogen-bond donors (Lipinski definition) is 1. The molecule has 4 heteroatoms. The van der Waals surface area contributed by atoms with E-state index in [0.29, 0.717) is 22.1 Å². The average Bonchev–Trinajstić information content (AvgIpc) is 2.40. The molecule has 0 heterocycles. The summed E-state index contributed by atoms with van der Waals surface area (Å²) < 4.78 is 28.9. The molecule has 106 valence electrons. The van der Waals surface area contributed by atoms with Gasteiger partial charge in [-0.15, -0.1) is 0 Å². The van der Waals surface area contributed by atoms with Crippen LogP contribution in [0.15, 0.2) is 40.9 Å². The lowest BCUT2D eigenvalue weighted by atomic mass is 9.96. The van der Waals surface area contributed by atoms with E-state index in [1.807, 2.05) is 13.8 Å². The Bertz CT molecular complexity index is 593. The molecule has 0 saturated carbocycles. The maximum Gasteiger partial charge on any atom is 0.129 e. The van der Waals surface area contributed by atoms with Crippen LogP contribution in [-0.4, -0.2) is 6.54 Å². The van der Waals surface area contributed by atoms with Crippen molar-refractivity contribution < 1.29 is 8.78 Å². The Morgan fingerprint density at radius 1 is 1.15 bits per heavy atom. The molecule has 0 aliphatic carbocycles. The van der Waals surface area contributed by atoms with Crippen LogP contribution in [0.4, 0.5) is 8.78 Å². The van der Waals surface area contributed by atoms with Crippen LogP contribution in [0.2, 0.25) is 0 Å². The summed E-state index contributed by atoms with van der Waals surface area (Å²) in [4.78, 5) is 0. The average molecular weight is 340 g/mol. The van der Waals surface area contributed by atoms with E-state index in [9.17, 15) is 8.78 Å². The molecule has 1 atom stereocenters. The third-order valence-electron chi connectivity index (χ3n) is 3.16. The number of halogens is 3. The van der Waals surface area contributed by atoms with Gasteiger partial charge in [0.15, 0.2) is 0 Å². The lowest BCUT2D eigenvalue weighted by molar-refractivity contribution is 0.528. The van der Waals surface area contributed by atoms with Gasteiger partial charge in [0.05, 0.1) is 6.04 Å². The zero-order valence-electron chi connectivity index (χ0n) is 11.4. The van der Waals surface area contributed by atoms with Crippen LogP contribution in [-0.2, 0) is 0 Å². The Morgan fingerprint density at radius 2 is 1.90 bits per heavy atom. The van der Waals surface area contributed by atoms with E-state index in [4.69, 9.17) is 0 Å². The molecule has 1 nitrogen and oxygen atoms in total. The highest BCUT2D eigenvalue weighted by Gasteiger charge is 2.22. The number of hydrogen-bond acceptors (Lipinski definition) is 1. The van der Waals surface area contributed by atoms with Crippen molar-refractivity contribution in [1.82, 2.24) is 5.32 Å². The van der Waals surface area contributed by atoms with Crippen molar-refractivity contribution in [3.05, 3.63) is 69.2 Å². The summed E-state index contributed by atoms with van der Waals surface area (Å²) in [6.07, 6.45) is 0. The monoisotopic (exact) mass is 339 g/mol. The van der Waals surface area contributed by atoms with Gasteiger partial charge in [0.1, 0.15) is 11.6 Å². The zero-order chi connectivity index (χ0) is 14.7. The SMILES string of the molecule is CCNC(c1cc(C)ccc1F)c1c(F)cccc1Br. The summed E-state index contributed by atoms with van der Waals surface area (Å²) in [5, 5.41) is 3.15. The van der Waals surface area contributed by atoms with Crippen LogP contribution in [0, 0.1) is 18.6 Å². The van der Waals surface area contributed by atoms with Crippen LogP contribution < -0.4 is 5.32 Å². The van der Waals surface area contributed by atoms with Crippen molar-refractivity contribution in [3.8, 4) is 0 Å². The number of rotatable bonds is 4. The summed E-state index contributed by atoms with van der Waals surface area (Å²) in [5.41, 5.74) is 1.83. The van der Waals surface area contributed by atoms with Gasteiger partial charge in [-0.2, -0.15) is 0 Å². The van der Waals surface area contributed by atoms with E-state index >= 15 is 0 Å². The van der Waals surface area contributed by atoms with Gasteiger partial charge < -0.3 is 5.32 Å². The lowest BCUT2D eigenvalue weighted by Crippen LogP contribution is -2.24. The van der Waals surface area contributed by atoms with Gasteiger partial charge in [-0.1, -0.05) is 46.6 Å². The van der Waals surface area contributed by atoms with Gasteiger partial charge in [0.2, 0.25) is 0 Å². The van der Waals surface area contributed by atoms with Crippen LogP contribution in [0.1, 0.15) is 29.7 Å². The van der Waals surface area contributed by atoms with Gasteiger partial charge in [0.25, 0.3) is 0 Å². The molecule has 2 aromatic carbocycles. The largest absolute Gasteiger partial charge is 0.306 e. The molecular formula is C16H16BrF2N. The molecular weight excluding hydrogens is 324 g/mol. The first kappa shape index (κ1) is 15.1. The summed E-state index contributed by atoms with van der Waals surface area (Å²) >= 11 is 3.36. The molecule has 2 rings (SSSR count). The van der Waals surface area contributed by atoms with Gasteiger partial charge in [-0.25, -0.2) is 8.78 Å². The van der Waals surface area contributed by atoms with Crippen LogP contribution in [0.5, 0.6) is 0 Å². The Hall–Kier alpha value is -1.26. The maximum absolute atomic E-state index is 14.1. The molecule has 0 aliphatic heterocycles. The molecule has 1 N–H and O–H groups in total. The predicted octanol–water partition coefficient (Wildman–Crippen LogP) is 4.73. The Kier molecular flexibility index (Phi) is 4.89. The fourth-order valence-electron chi connectivity index (χ4n) is 2.24. The molecule has 0 amide bonds. The molecule has 20 heavy (non-hydrogen) atoms. The minimum atomic E-state index is -0.518. The first-order valence-corrected chi connectivity index (χ1v) is 7.27. The van der Waals surface area contributed by atoms with E-state index in [1.54, 1.807) is 24.3 Å². The molecule has 0 spiro atoms. The van der Waals surface area contributed by atoms with Gasteiger partial charge in [-0.3, -0.25) is 0 Å². The van der Waals surface area contributed by atoms with E-state index in [0.717, 1.165) is 5.56 Å². The topological polar surface area (TPSA) is 12.0 Å². The summed E-state index contributed by atoms with van der Waals surface area (Å²) in [6.45, 7) is 4.41. The second-order valence-electron chi connectivity index (χ2n) is 4.65. The normalized spacial score (nSPS) is 12.4. The van der Waals surface area contributed by atoms with Crippen molar-refractivity contribution in [2.24, 2.45) is 0 Å². The summed E-state index contributed by atoms with van der Waals surface area (Å²) in [7, 11) is 0. The molecule has 0 aliphatic rings. The molecule has 2 aromatic rings. The number of aryl methyl sites for hydroxylation is 1. The highest BCUT2D eigenvalue weighted by Crippen LogP contribution is 2.32. The fraction of sp³-hybridized carbons (Fsp3) is 0.250.